The van der Waals surface area contributed by atoms with Gasteiger partial charge in [-0.2, -0.15) is 5.10 Å². The van der Waals surface area contributed by atoms with Gasteiger partial charge in [0.15, 0.2) is 5.65 Å². The summed E-state index contributed by atoms with van der Waals surface area (Å²) in [5.41, 5.74) is 3.53. The van der Waals surface area contributed by atoms with Gasteiger partial charge in [-0.25, -0.2) is 14.4 Å². The van der Waals surface area contributed by atoms with Crippen molar-refractivity contribution in [3.05, 3.63) is 117 Å². The fourth-order valence-corrected chi connectivity index (χ4v) is 4.09. The van der Waals surface area contributed by atoms with E-state index in [-0.39, 0.29) is 17.9 Å². The van der Waals surface area contributed by atoms with Crippen molar-refractivity contribution in [1.82, 2.24) is 24.3 Å². The lowest BCUT2D eigenvalue weighted by molar-refractivity contribution is 0.604. The number of anilines is 1. The monoisotopic (exact) mass is 488 g/mol. The normalized spacial score (nSPS) is 11.2. The Morgan fingerprint density at radius 2 is 1.77 bits per heavy atom. The molecule has 0 saturated heterocycles. The predicted molar refractivity (Wildman–Crippen MR) is 134 cm³/mol. The molecule has 7 nitrogen and oxygen atoms in total. The Morgan fingerprint density at radius 3 is 2.54 bits per heavy atom. The molecule has 3 aromatic heterocycles. The van der Waals surface area contributed by atoms with Crippen LogP contribution in [0, 0.1) is 12.7 Å². The van der Waals surface area contributed by atoms with E-state index in [4.69, 9.17) is 11.6 Å². The number of nitrogens with one attached hydrogen (secondary N) is 1. The summed E-state index contributed by atoms with van der Waals surface area (Å²) in [6, 6.07) is 16.5. The molecule has 2 aromatic carbocycles. The summed E-state index contributed by atoms with van der Waals surface area (Å²) < 4.78 is 18.0. The molecule has 0 fully saturated rings. The molecule has 35 heavy (non-hydrogen) atoms. The van der Waals surface area contributed by atoms with Gasteiger partial charge in [0, 0.05) is 35.6 Å². The molecule has 1 N–H and O–H groups in total. The standard InChI is InChI=1S/C26H22ClFN6O/c1-17-5-10-22(27)20(24(17)28)12-29-25-21-15-34(32-26(21)31-16-30-25)14-19-8-6-18(7-9-19)13-33-11-3-2-4-23(33)35/h2-11,15-16H,12-14H2,1H3,(H,29,30,31,32). The van der Waals surface area contributed by atoms with Crippen LogP contribution in [-0.4, -0.2) is 24.3 Å². The van der Waals surface area contributed by atoms with Gasteiger partial charge in [-0.15, -0.1) is 0 Å². The van der Waals surface area contributed by atoms with Gasteiger partial charge in [0.2, 0.25) is 0 Å². The summed E-state index contributed by atoms with van der Waals surface area (Å²) in [4.78, 5) is 20.5. The molecule has 9 heteroatoms. The van der Waals surface area contributed by atoms with Crippen LogP contribution in [0.3, 0.4) is 0 Å². The zero-order valence-corrected chi connectivity index (χ0v) is 19.7. The van der Waals surface area contributed by atoms with Crippen LogP contribution in [0.2, 0.25) is 5.02 Å². The summed E-state index contributed by atoms with van der Waals surface area (Å²) in [7, 11) is 0. The fraction of sp³-hybridized carbons (Fsp3) is 0.154. The highest BCUT2D eigenvalue weighted by molar-refractivity contribution is 6.31. The van der Waals surface area contributed by atoms with Crippen molar-refractivity contribution >= 4 is 28.5 Å². The van der Waals surface area contributed by atoms with Crippen molar-refractivity contribution in [3.8, 4) is 0 Å². The van der Waals surface area contributed by atoms with Crippen LogP contribution in [-0.2, 0) is 19.6 Å². The SMILES string of the molecule is Cc1ccc(Cl)c(CNc2ncnc3nn(Cc4ccc(Cn5ccccc5=O)cc4)cc23)c1F. The topological polar surface area (TPSA) is 77.6 Å². The van der Waals surface area contributed by atoms with E-state index in [1.807, 2.05) is 36.5 Å². The summed E-state index contributed by atoms with van der Waals surface area (Å²) in [5, 5.41) is 8.82. The highest BCUT2D eigenvalue weighted by atomic mass is 35.5. The Labute approximate surface area is 205 Å². The number of rotatable bonds is 7. The third-order valence-electron chi connectivity index (χ3n) is 5.80. The second-order valence-corrected chi connectivity index (χ2v) is 8.69. The zero-order chi connectivity index (χ0) is 24.4. The van der Waals surface area contributed by atoms with Gasteiger partial charge in [-0.05, 0) is 35.7 Å². The van der Waals surface area contributed by atoms with Crippen LogP contribution in [0.5, 0.6) is 0 Å². The molecule has 0 unspecified atom stereocenters. The van der Waals surface area contributed by atoms with E-state index in [9.17, 15) is 9.18 Å². The van der Waals surface area contributed by atoms with E-state index in [2.05, 4.69) is 20.4 Å². The molecule has 0 aliphatic heterocycles. The molecule has 0 spiro atoms. The van der Waals surface area contributed by atoms with E-state index >= 15 is 0 Å². The van der Waals surface area contributed by atoms with E-state index in [0.29, 0.717) is 40.7 Å². The van der Waals surface area contributed by atoms with Crippen molar-refractivity contribution in [2.45, 2.75) is 26.6 Å². The zero-order valence-electron chi connectivity index (χ0n) is 18.9. The highest BCUT2D eigenvalue weighted by Gasteiger charge is 2.13. The lowest BCUT2D eigenvalue weighted by atomic mass is 10.1. The number of hydrogen-bond acceptors (Lipinski definition) is 5. The maximum Gasteiger partial charge on any atom is 0.250 e. The molecule has 0 aliphatic rings. The van der Waals surface area contributed by atoms with Gasteiger partial charge in [0.1, 0.15) is 18.0 Å². The first-order valence-corrected chi connectivity index (χ1v) is 11.4. The number of aromatic nitrogens is 5. The average Bonchev–Trinajstić information content (AvgIpc) is 3.27. The van der Waals surface area contributed by atoms with Crippen molar-refractivity contribution < 1.29 is 4.39 Å². The number of pyridine rings is 1. The molecular formula is C26H22ClFN6O. The summed E-state index contributed by atoms with van der Waals surface area (Å²) in [6.07, 6.45) is 5.07. The molecule has 176 valence electrons. The van der Waals surface area contributed by atoms with Crippen LogP contribution in [0.25, 0.3) is 11.0 Å². The first kappa shape index (κ1) is 22.7. The molecule has 0 amide bonds. The van der Waals surface area contributed by atoms with Gasteiger partial charge < -0.3 is 9.88 Å². The minimum absolute atomic E-state index is 0.0299. The smallest absolute Gasteiger partial charge is 0.250 e. The summed E-state index contributed by atoms with van der Waals surface area (Å²) in [6.45, 7) is 2.95. The second-order valence-electron chi connectivity index (χ2n) is 8.28. The van der Waals surface area contributed by atoms with Gasteiger partial charge >= 0.3 is 0 Å². The first-order chi connectivity index (χ1) is 17.0. The minimum Gasteiger partial charge on any atom is -0.365 e. The van der Waals surface area contributed by atoms with Crippen LogP contribution < -0.4 is 10.9 Å². The molecule has 5 rings (SSSR count). The number of fused-ring (bicyclic) bond motifs is 1. The fourth-order valence-electron chi connectivity index (χ4n) is 3.88. The van der Waals surface area contributed by atoms with Crippen LogP contribution >= 0.6 is 11.6 Å². The van der Waals surface area contributed by atoms with E-state index < -0.39 is 0 Å². The van der Waals surface area contributed by atoms with Crippen LogP contribution in [0.15, 0.2) is 78.1 Å². The van der Waals surface area contributed by atoms with Crippen LogP contribution in [0.4, 0.5) is 10.2 Å². The molecule has 0 saturated carbocycles. The Bertz CT molecular complexity index is 1560. The lowest BCUT2D eigenvalue weighted by Crippen LogP contribution is -2.18. The minimum atomic E-state index is -0.327. The Hall–Kier alpha value is -4.04. The number of nitrogens with zero attached hydrogens (tertiary/aromatic N) is 5. The van der Waals surface area contributed by atoms with Crippen molar-refractivity contribution in [2.24, 2.45) is 0 Å². The maximum absolute atomic E-state index is 14.5. The predicted octanol–water partition coefficient (Wildman–Crippen LogP) is 4.80. The summed E-state index contributed by atoms with van der Waals surface area (Å²) >= 11 is 6.20. The summed E-state index contributed by atoms with van der Waals surface area (Å²) in [5.74, 6) is 0.230. The quantitative estimate of drug-likeness (QED) is 0.356. The van der Waals surface area contributed by atoms with Crippen molar-refractivity contribution in [3.63, 3.8) is 0 Å². The third kappa shape index (κ3) is 4.93. The lowest BCUT2D eigenvalue weighted by Gasteiger charge is -2.10. The molecule has 0 radical (unpaired) electrons. The third-order valence-corrected chi connectivity index (χ3v) is 6.15. The second kappa shape index (κ2) is 9.68. The van der Waals surface area contributed by atoms with Gasteiger partial charge in [0.05, 0.1) is 18.5 Å². The van der Waals surface area contributed by atoms with Crippen molar-refractivity contribution in [1.29, 1.82) is 0 Å². The molecule has 0 bridgehead atoms. The Balaban J connectivity index is 1.32. The van der Waals surface area contributed by atoms with E-state index in [0.717, 1.165) is 16.5 Å². The van der Waals surface area contributed by atoms with Gasteiger partial charge in [-0.3, -0.25) is 9.48 Å². The first-order valence-electron chi connectivity index (χ1n) is 11.1. The molecule has 5 aromatic rings. The Kier molecular flexibility index (Phi) is 6.29. The number of hydrogen-bond donors (Lipinski definition) is 1. The maximum atomic E-state index is 14.5. The average molecular weight is 489 g/mol. The number of aryl methyl sites for hydroxylation is 1. The van der Waals surface area contributed by atoms with Gasteiger partial charge in [-0.1, -0.05) is 48.0 Å². The van der Waals surface area contributed by atoms with Gasteiger partial charge in [0.25, 0.3) is 5.56 Å². The van der Waals surface area contributed by atoms with Crippen LogP contribution in [0.1, 0.15) is 22.3 Å². The number of halogens is 2. The largest absolute Gasteiger partial charge is 0.365 e. The van der Waals surface area contributed by atoms with E-state index in [1.54, 1.807) is 46.6 Å². The Morgan fingerprint density at radius 1 is 1.00 bits per heavy atom. The molecular weight excluding hydrogens is 467 g/mol. The number of benzene rings is 2. The molecule has 0 aliphatic carbocycles. The highest BCUT2D eigenvalue weighted by Crippen LogP contribution is 2.25. The van der Waals surface area contributed by atoms with Crippen molar-refractivity contribution in [2.75, 3.05) is 5.32 Å². The molecule has 0 atom stereocenters. The van der Waals surface area contributed by atoms with E-state index in [1.165, 1.54) is 6.33 Å². The molecule has 3 heterocycles.